The molecule has 0 spiro atoms. The van der Waals surface area contributed by atoms with Crippen LogP contribution in [-0.2, 0) is 0 Å². The molecule has 3 heterocycles. The van der Waals surface area contributed by atoms with Gasteiger partial charge in [-0.25, -0.2) is 4.98 Å². The average Bonchev–Trinajstić information content (AvgIpc) is 2.55. The predicted octanol–water partition coefficient (Wildman–Crippen LogP) is 2.68. The standard InChI is InChI=1S/C15H18BrClN6/c1-21(2)13-3-4-14(20-19-13)22-5-7-23(8-6-22)15-12(17)9-11(16)10-18-15/h3-4,9-10H,5-8H2,1-2H3. The second-order valence-electron chi connectivity index (χ2n) is 5.58. The van der Waals surface area contributed by atoms with E-state index in [1.807, 2.05) is 37.2 Å². The summed E-state index contributed by atoms with van der Waals surface area (Å²) in [5, 5.41) is 9.22. The number of pyridine rings is 1. The summed E-state index contributed by atoms with van der Waals surface area (Å²) in [6.07, 6.45) is 1.78. The lowest BCUT2D eigenvalue weighted by Crippen LogP contribution is -2.47. The van der Waals surface area contributed by atoms with Crippen molar-refractivity contribution in [2.75, 3.05) is 55.0 Å². The van der Waals surface area contributed by atoms with Crippen LogP contribution in [0.25, 0.3) is 0 Å². The Balaban J connectivity index is 1.66. The van der Waals surface area contributed by atoms with E-state index in [9.17, 15) is 0 Å². The van der Waals surface area contributed by atoms with Crippen molar-refractivity contribution in [3.05, 3.63) is 33.9 Å². The van der Waals surface area contributed by atoms with Gasteiger partial charge in [-0.1, -0.05) is 11.6 Å². The van der Waals surface area contributed by atoms with E-state index in [-0.39, 0.29) is 0 Å². The first kappa shape index (κ1) is 16.3. The van der Waals surface area contributed by atoms with E-state index in [0.717, 1.165) is 48.1 Å². The third-order valence-corrected chi connectivity index (χ3v) is 4.50. The summed E-state index contributed by atoms with van der Waals surface area (Å²) >= 11 is 9.67. The molecule has 8 heteroatoms. The summed E-state index contributed by atoms with van der Waals surface area (Å²) in [5.74, 6) is 2.60. The van der Waals surface area contributed by atoms with Gasteiger partial charge < -0.3 is 14.7 Å². The van der Waals surface area contributed by atoms with E-state index >= 15 is 0 Å². The number of piperazine rings is 1. The van der Waals surface area contributed by atoms with Gasteiger partial charge in [-0.3, -0.25) is 0 Å². The van der Waals surface area contributed by atoms with Crippen LogP contribution >= 0.6 is 27.5 Å². The molecule has 0 bridgehead atoms. The number of hydrogen-bond donors (Lipinski definition) is 0. The Morgan fingerprint density at radius 2 is 1.78 bits per heavy atom. The van der Waals surface area contributed by atoms with Gasteiger partial charge in [0.05, 0.1) is 5.02 Å². The van der Waals surface area contributed by atoms with E-state index in [0.29, 0.717) is 5.02 Å². The van der Waals surface area contributed by atoms with Crippen LogP contribution in [0.4, 0.5) is 17.5 Å². The molecular weight excluding hydrogens is 380 g/mol. The highest BCUT2D eigenvalue weighted by molar-refractivity contribution is 9.10. The molecule has 0 N–H and O–H groups in total. The van der Waals surface area contributed by atoms with Crippen LogP contribution in [0.5, 0.6) is 0 Å². The Bertz CT molecular complexity index is 670. The van der Waals surface area contributed by atoms with E-state index in [1.165, 1.54) is 0 Å². The smallest absolute Gasteiger partial charge is 0.151 e. The third kappa shape index (κ3) is 3.67. The Labute approximate surface area is 149 Å². The zero-order chi connectivity index (χ0) is 16.4. The van der Waals surface area contributed by atoms with Gasteiger partial charge in [0.1, 0.15) is 5.82 Å². The van der Waals surface area contributed by atoms with Gasteiger partial charge >= 0.3 is 0 Å². The quantitative estimate of drug-likeness (QED) is 0.793. The van der Waals surface area contributed by atoms with E-state index < -0.39 is 0 Å². The summed E-state index contributed by atoms with van der Waals surface area (Å²) in [4.78, 5) is 10.8. The van der Waals surface area contributed by atoms with Crippen LogP contribution in [0.2, 0.25) is 5.02 Å². The normalized spacial score (nSPS) is 15.0. The minimum atomic E-state index is 0.669. The molecule has 0 unspecified atom stereocenters. The van der Waals surface area contributed by atoms with Crippen molar-refractivity contribution >= 4 is 45.0 Å². The van der Waals surface area contributed by atoms with Crippen molar-refractivity contribution in [3.8, 4) is 0 Å². The van der Waals surface area contributed by atoms with Gasteiger partial charge in [0.2, 0.25) is 0 Å². The lowest BCUT2D eigenvalue weighted by atomic mass is 10.3. The zero-order valence-corrected chi connectivity index (χ0v) is 15.4. The Morgan fingerprint density at radius 1 is 1.09 bits per heavy atom. The fourth-order valence-corrected chi connectivity index (χ4v) is 3.26. The molecule has 2 aromatic rings. The van der Waals surface area contributed by atoms with Gasteiger partial charge in [-0.15, -0.1) is 10.2 Å². The molecule has 2 aromatic heterocycles. The van der Waals surface area contributed by atoms with Crippen molar-refractivity contribution in [3.63, 3.8) is 0 Å². The molecule has 0 saturated carbocycles. The molecule has 6 nitrogen and oxygen atoms in total. The second-order valence-corrected chi connectivity index (χ2v) is 6.90. The van der Waals surface area contributed by atoms with Crippen LogP contribution in [0.15, 0.2) is 28.9 Å². The minimum Gasteiger partial charge on any atom is -0.361 e. The van der Waals surface area contributed by atoms with Crippen molar-refractivity contribution in [1.82, 2.24) is 15.2 Å². The molecule has 0 aliphatic carbocycles. The van der Waals surface area contributed by atoms with Crippen molar-refractivity contribution in [2.45, 2.75) is 0 Å². The predicted molar refractivity (Wildman–Crippen MR) is 97.7 cm³/mol. The number of aromatic nitrogens is 3. The van der Waals surface area contributed by atoms with E-state index in [1.54, 1.807) is 6.20 Å². The van der Waals surface area contributed by atoms with Gasteiger partial charge in [0, 0.05) is 50.9 Å². The lowest BCUT2D eigenvalue weighted by Gasteiger charge is -2.36. The average molecular weight is 398 g/mol. The summed E-state index contributed by atoms with van der Waals surface area (Å²) in [7, 11) is 3.91. The highest BCUT2D eigenvalue weighted by Crippen LogP contribution is 2.27. The summed E-state index contributed by atoms with van der Waals surface area (Å²) in [5.41, 5.74) is 0. The maximum Gasteiger partial charge on any atom is 0.151 e. The second kappa shape index (κ2) is 6.88. The number of hydrogen-bond acceptors (Lipinski definition) is 6. The molecule has 23 heavy (non-hydrogen) atoms. The number of nitrogens with zero attached hydrogens (tertiary/aromatic N) is 6. The van der Waals surface area contributed by atoms with Crippen molar-refractivity contribution in [2.24, 2.45) is 0 Å². The Morgan fingerprint density at radius 3 is 2.35 bits per heavy atom. The van der Waals surface area contributed by atoms with Crippen LogP contribution < -0.4 is 14.7 Å². The minimum absolute atomic E-state index is 0.669. The molecule has 122 valence electrons. The molecule has 0 aromatic carbocycles. The van der Waals surface area contributed by atoms with Crippen LogP contribution in [0.3, 0.4) is 0 Å². The van der Waals surface area contributed by atoms with Gasteiger partial charge in [-0.2, -0.15) is 0 Å². The molecule has 1 saturated heterocycles. The first-order valence-corrected chi connectivity index (χ1v) is 8.53. The zero-order valence-electron chi connectivity index (χ0n) is 13.1. The molecule has 1 aliphatic rings. The third-order valence-electron chi connectivity index (χ3n) is 3.79. The molecule has 1 aliphatic heterocycles. The van der Waals surface area contributed by atoms with Crippen LogP contribution in [0, 0.1) is 0 Å². The summed E-state index contributed by atoms with van der Waals surface area (Å²) in [6, 6.07) is 5.88. The molecular formula is C15H18BrClN6. The largest absolute Gasteiger partial charge is 0.361 e. The monoisotopic (exact) mass is 396 g/mol. The van der Waals surface area contributed by atoms with Crippen LogP contribution in [-0.4, -0.2) is 55.5 Å². The van der Waals surface area contributed by atoms with Gasteiger partial charge in [0.25, 0.3) is 0 Å². The lowest BCUT2D eigenvalue weighted by molar-refractivity contribution is 0.638. The fraction of sp³-hybridized carbons (Fsp3) is 0.400. The Hall–Kier alpha value is -1.60. The maximum absolute atomic E-state index is 6.29. The fourth-order valence-electron chi connectivity index (χ4n) is 2.51. The van der Waals surface area contributed by atoms with Crippen molar-refractivity contribution in [1.29, 1.82) is 0 Å². The Kier molecular flexibility index (Phi) is 4.87. The molecule has 0 atom stereocenters. The van der Waals surface area contributed by atoms with Crippen LogP contribution in [0.1, 0.15) is 0 Å². The molecule has 0 amide bonds. The molecule has 0 radical (unpaired) electrons. The number of halogens is 2. The summed E-state index contributed by atoms with van der Waals surface area (Å²) < 4.78 is 0.890. The maximum atomic E-state index is 6.29. The van der Waals surface area contributed by atoms with E-state index in [2.05, 4.69) is 40.9 Å². The van der Waals surface area contributed by atoms with Gasteiger partial charge in [-0.05, 0) is 34.1 Å². The highest BCUT2D eigenvalue weighted by atomic mass is 79.9. The topological polar surface area (TPSA) is 48.4 Å². The number of anilines is 3. The molecule has 1 fully saturated rings. The van der Waals surface area contributed by atoms with Gasteiger partial charge in [0.15, 0.2) is 11.6 Å². The SMILES string of the molecule is CN(C)c1ccc(N2CCN(c3ncc(Br)cc3Cl)CC2)nn1. The number of rotatable bonds is 3. The molecule has 3 rings (SSSR count). The van der Waals surface area contributed by atoms with Crippen molar-refractivity contribution < 1.29 is 0 Å². The first-order valence-electron chi connectivity index (χ1n) is 7.36. The summed E-state index contributed by atoms with van der Waals surface area (Å²) in [6.45, 7) is 3.44. The first-order chi connectivity index (χ1) is 11.0. The highest BCUT2D eigenvalue weighted by Gasteiger charge is 2.21. The van der Waals surface area contributed by atoms with E-state index in [4.69, 9.17) is 11.6 Å².